The van der Waals surface area contributed by atoms with E-state index in [0.717, 1.165) is 25.9 Å². The van der Waals surface area contributed by atoms with Gasteiger partial charge in [0.1, 0.15) is 9.84 Å². The minimum absolute atomic E-state index is 0.0952. The van der Waals surface area contributed by atoms with E-state index in [2.05, 4.69) is 33.0 Å². The summed E-state index contributed by atoms with van der Waals surface area (Å²) in [7, 11) is -2.84. The lowest BCUT2D eigenvalue weighted by molar-refractivity contribution is 0.277. The molecule has 0 aromatic rings. The van der Waals surface area contributed by atoms with Crippen molar-refractivity contribution in [2.24, 2.45) is 11.3 Å². The molecule has 0 radical (unpaired) electrons. The van der Waals surface area contributed by atoms with E-state index in [1.54, 1.807) is 0 Å². The monoisotopic (exact) mass is 249 g/mol. The second kappa shape index (κ2) is 6.60. The summed E-state index contributed by atoms with van der Waals surface area (Å²) in [5, 5.41) is 3.42. The van der Waals surface area contributed by atoms with Crippen LogP contribution in [0.3, 0.4) is 0 Å². The van der Waals surface area contributed by atoms with Crippen molar-refractivity contribution in [1.82, 2.24) is 5.32 Å². The van der Waals surface area contributed by atoms with Crippen LogP contribution in [-0.4, -0.2) is 33.5 Å². The number of hydrogen-bond acceptors (Lipinski definition) is 3. The van der Waals surface area contributed by atoms with E-state index < -0.39 is 9.84 Å². The van der Waals surface area contributed by atoms with Crippen LogP contribution in [0.15, 0.2) is 0 Å². The van der Waals surface area contributed by atoms with E-state index >= 15 is 0 Å². The van der Waals surface area contributed by atoms with Crippen molar-refractivity contribution in [3.8, 4) is 0 Å². The Kier molecular flexibility index (Phi) is 6.56. The third-order valence-corrected chi connectivity index (χ3v) is 3.98. The van der Waals surface area contributed by atoms with Crippen molar-refractivity contribution in [2.75, 3.05) is 25.1 Å². The summed E-state index contributed by atoms with van der Waals surface area (Å²) >= 11 is 0. The minimum Gasteiger partial charge on any atom is -0.316 e. The highest BCUT2D eigenvalue weighted by molar-refractivity contribution is 7.90. The van der Waals surface area contributed by atoms with Gasteiger partial charge in [-0.1, -0.05) is 27.7 Å². The molecule has 0 spiro atoms. The van der Waals surface area contributed by atoms with Crippen LogP contribution in [0.2, 0.25) is 0 Å². The lowest BCUT2D eigenvalue weighted by Crippen LogP contribution is -2.34. The van der Waals surface area contributed by atoms with Gasteiger partial charge in [0.25, 0.3) is 0 Å². The Morgan fingerprint density at radius 3 is 2.25 bits per heavy atom. The topological polar surface area (TPSA) is 46.2 Å². The molecular formula is C12H27NO2S. The molecule has 0 amide bonds. The highest BCUT2D eigenvalue weighted by Gasteiger charge is 2.23. The second-order valence-electron chi connectivity index (χ2n) is 5.57. The summed E-state index contributed by atoms with van der Waals surface area (Å²) in [6.45, 7) is 10.5. The van der Waals surface area contributed by atoms with Gasteiger partial charge in [0.15, 0.2) is 0 Å². The molecule has 0 rings (SSSR count). The smallest absolute Gasteiger partial charge is 0.147 e. The van der Waals surface area contributed by atoms with Gasteiger partial charge >= 0.3 is 0 Å². The van der Waals surface area contributed by atoms with Gasteiger partial charge in [-0.25, -0.2) is 8.42 Å². The Bertz CT molecular complexity index is 285. The molecule has 0 saturated carbocycles. The second-order valence-corrected chi connectivity index (χ2v) is 7.83. The van der Waals surface area contributed by atoms with E-state index in [1.807, 2.05) is 0 Å². The number of hydrogen-bond donors (Lipinski definition) is 1. The van der Waals surface area contributed by atoms with Crippen LogP contribution in [0.4, 0.5) is 0 Å². The van der Waals surface area contributed by atoms with Crippen molar-refractivity contribution < 1.29 is 8.42 Å². The van der Waals surface area contributed by atoms with Gasteiger partial charge in [0.2, 0.25) is 0 Å². The highest BCUT2D eigenvalue weighted by atomic mass is 32.2. The third-order valence-electron chi connectivity index (χ3n) is 3.03. The zero-order valence-corrected chi connectivity index (χ0v) is 12.2. The van der Waals surface area contributed by atoms with E-state index in [9.17, 15) is 8.42 Å². The van der Waals surface area contributed by atoms with Crippen molar-refractivity contribution in [2.45, 2.75) is 40.5 Å². The van der Waals surface area contributed by atoms with Crippen LogP contribution in [0.5, 0.6) is 0 Å². The molecule has 3 nitrogen and oxygen atoms in total. The molecular weight excluding hydrogens is 222 g/mol. The molecule has 0 aliphatic rings. The first-order valence-corrected chi connectivity index (χ1v) is 8.13. The van der Waals surface area contributed by atoms with E-state index in [-0.39, 0.29) is 5.41 Å². The fourth-order valence-corrected chi connectivity index (χ4v) is 2.35. The standard InChI is InChI=1S/C12H27NO2S/c1-6-12(4,7-8-16(5,14)15)10-13-9-11(2)3/h11,13H,6-10H2,1-5H3. The van der Waals surface area contributed by atoms with E-state index in [1.165, 1.54) is 6.26 Å². The summed E-state index contributed by atoms with van der Waals surface area (Å²) in [5.41, 5.74) is 0.0952. The number of rotatable bonds is 8. The summed E-state index contributed by atoms with van der Waals surface area (Å²) in [5.74, 6) is 0.928. The predicted molar refractivity (Wildman–Crippen MR) is 70.4 cm³/mol. The zero-order chi connectivity index (χ0) is 12.8. The highest BCUT2D eigenvalue weighted by Crippen LogP contribution is 2.25. The first kappa shape index (κ1) is 15.9. The van der Waals surface area contributed by atoms with Gasteiger partial charge in [-0.3, -0.25) is 0 Å². The van der Waals surface area contributed by atoms with Gasteiger partial charge < -0.3 is 5.32 Å². The number of sulfone groups is 1. The predicted octanol–water partition coefficient (Wildman–Crippen LogP) is 2.08. The molecule has 98 valence electrons. The molecule has 0 aliphatic heterocycles. The Morgan fingerprint density at radius 1 is 1.31 bits per heavy atom. The van der Waals surface area contributed by atoms with Gasteiger partial charge in [-0.05, 0) is 30.7 Å². The van der Waals surface area contributed by atoms with Gasteiger partial charge in [-0.15, -0.1) is 0 Å². The molecule has 0 aromatic heterocycles. The molecule has 4 heteroatoms. The molecule has 0 aliphatic carbocycles. The summed E-state index contributed by atoms with van der Waals surface area (Å²) < 4.78 is 22.3. The summed E-state index contributed by atoms with van der Waals surface area (Å²) in [6, 6.07) is 0. The summed E-state index contributed by atoms with van der Waals surface area (Å²) in [6.07, 6.45) is 3.06. The molecule has 0 saturated heterocycles. The van der Waals surface area contributed by atoms with Crippen LogP contribution in [0.25, 0.3) is 0 Å². The fourth-order valence-electron chi connectivity index (χ4n) is 1.48. The van der Waals surface area contributed by atoms with Crippen LogP contribution in [0.1, 0.15) is 40.5 Å². The quantitative estimate of drug-likeness (QED) is 0.716. The lowest BCUT2D eigenvalue weighted by atomic mass is 9.84. The normalized spacial score (nSPS) is 16.4. The first-order valence-electron chi connectivity index (χ1n) is 6.07. The van der Waals surface area contributed by atoms with Gasteiger partial charge in [0, 0.05) is 12.8 Å². The van der Waals surface area contributed by atoms with Crippen LogP contribution in [-0.2, 0) is 9.84 Å². The molecule has 1 N–H and O–H groups in total. The molecule has 1 atom stereocenters. The maximum atomic E-state index is 11.2. The number of nitrogens with one attached hydrogen (secondary N) is 1. The Morgan fingerprint density at radius 2 is 1.88 bits per heavy atom. The van der Waals surface area contributed by atoms with E-state index in [4.69, 9.17) is 0 Å². The molecule has 16 heavy (non-hydrogen) atoms. The van der Waals surface area contributed by atoms with Crippen LogP contribution in [0, 0.1) is 11.3 Å². The first-order chi connectivity index (χ1) is 7.18. The Hall–Kier alpha value is -0.0900. The molecule has 1 unspecified atom stereocenters. The third kappa shape index (κ3) is 8.11. The maximum Gasteiger partial charge on any atom is 0.147 e. The fraction of sp³-hybridized carbons (Fsp3) is 1.00. The largest absolute Gasteiger partial charge is 0.316 e. The van der Waals surface area contributed by atoms with Gasteiger partial charge in [-0.2, -0.15) is 0 Å². The molecule has 0 fully saturated rings. The Labute approximate surface area is 101 Å². The zero-order valence-electron chi connectivity index (χ0n) is 11.3. The van der Waals surface area contributed by atoms with Crippen molar-refractivity contribution in [3.63, 3.8) is 0 Å². The summed E-state index contributed by atoms with van der Waals surface area (Å²) in [4.78, 5) is 0. The lowest BCUT2D eigenvalue weighted by Gasteiger charge is -2.28. The average Bonchev–Trinajstić information content (AvgIpc) is 2.13. The molecule has 0 heterocycles. The van der Waals surface area contributed by atoms with Crippen LogP contribution >= 0.6 is 0 Å². The van der Waals surface area contributed by atoms with Gasteiger partial charge in [0.05, 0.1) is 5.75 Å². The maximum absolute atomic E-state index is 11.2. The van der Waals surface area contributed by atoms with Crippen molar-refractivity contribution in [1.29, 1.82) is 0 Å². The molecule has 0 aromatic carbocycles. The van der Waals surface area contributed by atoms with Crippen molar-refractivity contribution in [3.05, 3.63) is 0 Å². The van der Waals surface area contributed by atoms with E-state index in [0.29, 0.717) is 11.7 Å². The van der Waals surface area contributed by atoms with Crippen LogP contribution < -0.4 is 5.32 Å². The minimum atomic E-state index is -2.84. The SMILES string of the molecule is CCC(C)(CCS(C)(=O)=O)CNCC(C)C. The Balaban J connectivity index is 4.10. The average molecular weight is 249 g/mol. The van der Waals surface area contributed by atoms with Crippen molar-refractivity contribution >= 4 is 9.84 Å². The molecule has 0 bridgehead atoms.